The summed E-state index contributed by atoms with van der Waals surface area (Å²) in [7, 11) is 0. The Labute approximate surface area is 128 Å². The summed E-state index contributed by atoms with van der Waals surface area (Å²) < 4.78 is 11.0. The number of carboxylic acid groups (broad SMARTS) is 1. The third-order valence-corrected chi connectivity index (χ3v) is 3.66. The molecule has 1 aromatic rings. The molecule has 0 aliphatic carbocycles. The zero-order chi connectivity index (χ0) is 16.1. The molecule has 22 heavy (non-hydrogen) atoms. The summed E-state index contributed by atoms with van der Waals surface area (Å²) in [5.74, 6) is -1.47. The van der Waals surface area contributed by atoms with Crippen LogP contribution in [-0.4, -0.2) is 61.3 Å². The summed E-state index contributed by atoms with van der Waals surface area (Å²) in [4.78, 5) is 24.9. The molecule has 0 aromatic heterocycles. The standard InChI is InChI=1S/C15H20N2O5/c1-10-12(22-9-6-17-4-7-21-8-5-17)3-2-11(15(19)20)13(10)14(16)18/h2-3H,4-9H2,1H3,(H2,16,18)(H,19,20). The van der Waals surface area contributed by atoms with E-state index in [1.807, 2.05) is 0 Å². The van der Waals surface area contributed by atoms with Gasteiger partial charge in [0.25, 0.3) is 0 Å². The van der Waals surface area contributed by atoms with Crippen LogP contribution in [0.1, 0.15) is 26.3 Å². The number of carbonyl (C=O) groups excluding carboxylic acids is 1. The Bertz CT molecular complexity index is 567. The fraction of sp³-hybridized carbons (Fsp3) is 0.467. The molecule has 7 nitrogen and oxygen atoms in total. The van der Waals surface area contributed by atoms with Crippen molar-refractivity contribution in [3.63, 3.8) is 0 Å². The van der Waals surface area contributed by atoms with Crippen LogP contribution in [0.15, 0.2) is 12.1 Å². The quantitative estimate of drug-likeness (QED) is 0.793. The largest absolute Gasteiger partial charge is 0.492 e. The van der Waals surface area contributed by atoms with E-state index in [0.717, 1.165) is 32.8 Å². The van der Waals surface area contributed by atoms with E-state index in [4.69, 9.17) is 20.3 Å². The second-order valence-corrected chi connectivity index (χ2v) is 5.08. The van der Waals surface area contributed by atoms with Crippen LogP contribution in [0.2, 0.25) is 0 Å². The van der Waals surface area contributed by atoms with E-state index in [9.17, 15) is 9.59 Å². The maximum Gasteiger partial charge on any atom is 0.336 e. The molecular formula is C15H20N2O5. The van der Waals surface area contributed by atoms with Gasteiger partial charge in [-0.2, -0.15) is 0 Å². The minimum absolute atomic E-state index is 0.00336. The van der Waals surface area contributed by atoms with Crippen LogP contribution in [0.5, 0.6) is 5.75 Å². The number of morpholine rings is 1. The van der Waals surface area contributed by atoms with Crippen LogP contribution >= 0.6 is 0 Å². The molecule has 0 radical (unpaired) electrons. The van der Waals surface area contributed by atoms with Crippen molar-refractivity contribution in [2.24, 2.45) is 5.73 Å². The number of nitrogens with zero attached hydrogens (tertiary/aromatic N) is 1. The molecule has 2 rings (SSSR count). The molecule has 3 N–H and O–H groups in total. The molecule has 7 heteroatoms. The number of aromatic carboxylic acids is 1. The SMILES string of the molecule is Cc1c(OCCN2CCOCC2)ccc(C(=O)O)c1C(N)=O. The van der Waals surface area contributed by atoms with Gasteiger partial charge in [-0.25, -0.2) is 4.79 Å². The van der Waals surface area contributed by atoms with Crippen LogP contribution in [-0.2, 0) is 4.74 Å². The van der Waals surface area contributed by atoms with Gasteiger partial charge >= 0.3 is 5.97 Å². The average Bonchev–Trinajstić information content (AvgIpc) is 2.49. The minimum Gasteiger partial charge on any atom is -0.492 e. The van der Waals surface area contributed by atoms with Crippen LogP contribution in [0.4, 0.5) is 0 Å². The maximum absolute atomic E-state index is 11.5. The summed E-state index contributed by atoms with van der Waals surface area (Å²) >= 11 is 0. The molecule has 1 saturated heterocycles. The molecule has 0 spiro atoms. The van der Waals surface area contributed by atoms with E-state index in [1.165, 1.54) is 6.07 Å². The summed E-state index contributed by atoms with van der Waals surface area (Å²) in [6.45, 7) is 6.01. The van der Waals surface area contributed by atoms with Crippen molar-refractivity contribution >= 4 is 11.9 Å². The Hall–Kier alpha value is -2.12. The van der Waals surface area contributed by atoms with Crippen molar-refractivity contribution in [3.8, 4) is 5.75 Å². The highest BCUT2D eigenvalue weighted by Gasteiger charge is 2.20. The molecule has 0 saturated carbocycles. The number of carbonyl (C=O) groups is 2. The number of rotatable bonds is 6. The fourth-order valence-corrected chi connectivity index (χ4v) is 2.45. The molecule has 0 unspecified atom stereocenters. The predicted molar refractivity (Wildman–Crippen MR) is 79.4 cm³/mol. The number of amides is 1. The van der Waals surface area contributed by atoms with Gasteiger partial charge in [-0.05, 0) is 19.1 Å². The number of ether oxygens (including phenoxy) is 2. The van der Waals surface area contributed by atoms with E-state index >= 15 is 0 Å². The van der Waals surface area contributed by atoms with E-state index < -0.39 is 11.9 Å². The van der Waals surface area contributed by atoms with Crippen LogP contribution < -0.4 is 10.5 Å². The summed E-state index contributed by atoms with van der Waals surface area (Å²) in [5.41, 5.74) is 5.63. The van der Waals surface area contributed by atoms with Crippen LogP contribution in [0.25, 0.3) is 0 Å². The summed E-state index contributed by atoms with van der Waals surface area (Å²) in [6, 6.07) is 2.91. The highest BCUT2D eigenvalue weighted by molar-refractivity contribution is 6.05. The second-order valence-electron chi connectivity index (χ2n) is 5.08. The van der Waals surface area contributed by atoms with Gasteiger partial charge in [-0.1, -0.05) is 0 Å². The molecule has 1 aliphatic rings. The van der Waals surface area contributed by atoms with Gasteiger partial charge in [0, 0.05) is 25.2 Å². The fourth-order valence-electron chi connectivity index (χ4n) is 2.45. The highest BCUT2D eigenvalue weighted by atomic mass is 16.5. The van der Waals surface area contributed by atoms with E-state index in [2.05, 4.69) is 4.90 Å². The molecule has 1 aromatic carbocycles. The zero-order valence-electron chi connectivity index (χ0n) is 12.5. The monoisotopic (exact) mass is 308 g/mol. The van der Waals surface area contributed by atoms with Gasteiger partial charge in [0.2, 0.25) is 5.91 Å². The van der Waals surface area contributed by atoms with Gasteiger partial charge in [0.15, 0.2) is 0 Å². The zero-order valence-corrected chi connectivity index (χ0v) is 12.5. The molecule has 120 valence electrons. The second kappa shape index (κ2) is 7.24. The Morgan fingerprint density at radius 3 is 2.64 bits per heavy atom. The normalized spacial score (nSPS) is 15.5. The van der Waals surface area contributed by atoms with Gasteiger partial charge in [0.1, 0.15) is 12.4 Å². The Balaban J connectivity index is 2.06. The van der Waals surface area contributed by atoms with Crippen molar-refractivity contribution in [1.82, 2.24) is 4.90 Å². The third-order valence-electron chi connectivity index (χ3n) is 3.66. The third kappa shape index (κ3) is 3.75. The first-order valence-corrected chi connectivity index (χ1v) is 7.10. The first-order valence-electron chi connectivity index (χ1n) is 7.10. The molecule has 0 bridgehead atoms. The van der Waals surface area contributed by atoms with Gasteiger partial charge < -0.3 is 20.3 Å². The predicted octanol–water partition coefficient (Wildman–Crippen LogP) is 0.503. The van der Waals surface area contributed by atoms with E-state index in [1.54, 1.807) is 13.0 Å². The Morgan fingerprint density at radius 2 is 2.05 bits per heavy atom. The molecular weight excluding hydrogens is 288 g/mol. The van der Waals surface area contributed by atoms with E-state index in [0.29, 0.717) is 17.9 Å². The summed E-state index contributed by atoms with van der Waals surface area (Å²) in [6.07, 6.45) is 0. The number of benzene rings is 1. The number of carboxylic acids is 1. The number of nitrogens with two attached hydrogens (primary N) is 1. The first-order chi connectivity index (χ1) is 10.5. The highest BCUT2D eigenvalue weighted by Crippen LogP contribution is 2.25. The lowest BCUT2D eigenvalue weighted by atomic mass is 10.0. The van der Waals surface area contributed by atoms with Crippen molar-refractivity contribution in [1.29, 1.82) is 0 Å². The van der Waals surface area contributed by atoms with Gasteiger partial charge in [-0.15, -0.1) is 0 Å². The summed E-state index contributed by atoms with van der Waals surface area (Å²) in [5, 5.41) is 9.11. The lowest BCUT2D eigenvalue weighted by molar-refractivity contribution is 0.0322. The average molecular weight is 308 g/mol. The molecule has 0 atom stereocenters. The molecule has 1 heterocycles. The Kier molecular flexibility index (Phi) is 5.35. The smallest absolute Gasteiger partial charge is 0.336 e. The van der Waals surface area contributed by atoms with Crippen molar-refractivity contribution in [2.45, 2.75) is 6.92 Å². The number of hydrogen-bond donors (Lipinski definition) is 2. The number of primary amides is 1. The van der Waals surface area contributed by atoms with Crippen molar-refractivity contribution in [2.75, 3.05) is 39.5 Å². The molecule has 1 amide bonds. The van der Waals surface area contributed by atoms with Crippen molar-refractivity contribution in [3.05, 3.63) is 28.8 Å². The molecule has 1 fully saturated rings. The molecule has 1 aliphatic heterocycles. The topological polar surface area (TPSA) is 102 Å². The van der Waals surface area contributed by atoms with Crippen LogP contribution in [0.3, 0.4) is 0 Å². The lowest BCUT2D eigenvalue weighted by Gasteiger charge is -2.26. The maximum atomic E-state index is 11.5. The van der Waals surface area contributed by atoms with Crippen LogP contribution in [0, 0.1) is 6.92 Å². The van der Waals surface area contributed by atoms with Gasteiger partial charge in [0.05, 0.1) is 24.3 Å². The Morgan fingerprint density at radius 1 is 1.36 bits per heavy atom. The van der Waals surface area contributed by atoms with Gasteiger partial charge in [-0.3, -0.25) is 9.69 Å². The number of hydrogen-bond acceptors (Lipinski definition) is 5. The van der Waals surface area contributed by atoms with E-state index in [-0.39, 0.29) is 11.1 Å². The van der Waals surface area contributed by atoms with Crippen molar-refractivity contribution < 1.29 is 24.2 Å². The minimum atomic E-state index is -1.18. The lowest BCUT2D eigenvalue weighted by Crippen LogP contribution is -2.38. The first kappa shape index (κ1) is 16.3.